The van der Waals surface area contributed by atoms with Crippen LogP contribution < -0.4 is 0 Å². The van der Waals surface area contributed by atoms with E-state index in [4.69, 9.17) is 9.84 Å². The average molecular weight is 230 g/mol. The lowest BCUT2D eigenvalue weighted by molar-refractivity contribution is -0.119. The number of carbonyl (C=O) groups excluding carboxylic acids is 1. The molecule has 0 amide bonds. The Kier molecular flexibility index (Phi) is 10.8. The number of Topliss-reactive ketones (excluding diaryl/α,β-unsaturated/α-hetero) is 1. The number of hydrogen-bond donors (Lipinski definition) is 1. The highest BCUT2D eigenvalue weighted by Crippen LogP contribution is 2.08. The number of aliphatic hydroxyl groups excluding tert-OH is 1. The number of carbonyl (C=O) groups is 1. The van der Waals surface area contributed by atoms with E-state index in [1.165, 1.54) is 0 Å². The van der Waals surface area contributed by atoms with Crippen molar-refractivity contribution in [3.8, 4) is 0 Å². The number of ether oxygens (including phenoxy) is 1. The molecule has 3 nitrogen and oxygen atoms in total. The van der Waals surface area contributed by atoms with Crippen molar-refractivity contribution in [2.45, 2.75) is 64.4 Å². The van der Waals surface area contributed by atoms with E-state index in [2.05, 4.69) is 0 Å². The summed E-state index contributed by atoms with van der Waals surface area (Å²) in [6, 6.07) is 0. The van der Waals surface area contributed by atoms with Crippen molar-refractivity contribution in [2.24, 2.45) is 0 Å². The standard InChI is InChI=1S/C13H26O3/c1-12(14)8-5-3-4-6-9-13(15)10-7-11-16-2/h12,14H,3-11H2,1-2H3. The van der Waals surface area contributed by atoms with Crippen LogP contribution in [0, 0.1) is 0 Å². The Morgan fingerprint density at radius 3 is 2.38 bits per heavy atom. The minimum Gasteiger partial charge on any atom is -0.393 e. The van der Waals surface area contributed by atoms with Gasteiger partial charge in [0, 0.05) is 26.6 Å². The number of rotatable bonds is 11. The van der Waals surface area contributed by atoms with Gasteiger partial charge in [0.25, 0.3) is 0 Å². The first kappa shape index (κ1) is 15.6. The van der Waals surface area contributed by atoms with Crippen molar-refractivity contribution in [1.29, 1.82) is 0 Å². The van der Waals surface area contributed by atoms with Crippen molar-refractivity contribution >= 4 is 5.78 Å². The smallest absolute Gasteiger partial charge is 0.132 e. The van der Waals surface area contributed by atoms with Gasteiger partial charge in [0.1, 0.15) is 5.78 Å². The second kappa shape index (κ2) is 11.1. The van der Waals surface area contributed by atoms with Gasteiger partial charge in [0.15, 0.2) is 0 Å². The lowest BCUT2D eigenvalue weighted by Crippen LogP contribution is -2.01. The highest BCUT2D eigenvalue weighted by molar-refractivity contribution is 5.78. The molecule has 3 heteroatoms. The predicted octanol–water partition coefficient (Wildman–Crippen LogP) is 2.70. The SMILES string of the molecule is COCCCC(=O)CCCCCCC(C)O. The fraction of sp³-hybridized carbons (Fsp3) is 0.923. The van der Waals surface area contributed by atoms with Crippen LogP contribution in [0.1, 0.15) is 58.3 Å². The van der Waals surface area contributed by atoms with Crippen molar-refractivity contribution in [1.82, 2.24) is 0 Å². The molecule has 0 heterocycles. The second-order valence-electron chi connectivity index (χ2n) is 4.44. The summed E-state index contributed by atoms with van der Waals surface area (Å²) in [5, 5.41) is 9.05. The van der Waals surface area contributed by atoms with E-state index in [0.29, 0.717) is 25.2 Å². The molecule has 0 spiro atoms. The third-order valence-electron chi connectivity index (χ3n) is 2.63. The Hall–Kier alpha value is -0.410. The largest absolute Gasteiger partial charge is 0.393 e. The Morgan fingerprint density at radius 1 is 1.12 bits per heavy atom. The minimum atomic E-state index is -0.185. The summed E-state index contributed by atoms with van der Waals surface area (Å²) >= 11 is 0. The van der Waals surface area contributed by atoms with E-state index in [1.54, 1.807) is 7.11 Å². The number of aliphatic hydroxyl groups is 1. The zero-order chi connectivity index (χ0) is 12.2. The van der Waals surface area contributed by atoms with Gasteiger partial charge < -0.3 is 9.84 Å². The molecule has 0 aromatic rings. The highest BCUT2D eigenvalue weighted by atomic mass is 16.5. The van der Waals surface area contributed by atoms with Gasteiger partial charge in [-0.2, -0.15) is 0 Å². The second-order valence-corrected chi connectivity index (χ2v) is 4.44. The van der Waals surface area contributed by atoms with E-state index < -0.39 is 0 Å². The lowest BCUT2D eigenvalue weighted by atomic mass is 10.1. The Morgan fingerprint density at radius 2 is 1.75 bits per heavy atom. The molecular weight excluding hydrogens is 204 g/mol. The summed E-state index contributed by atoms with van der Waals surface area (Å²) < 4.78 is 4.90. The fourth-order valence-electron chi connectivity index (χ4n) is 1.65. The van der Waals surface area contributed by atoms with E-state index in [-0.39, 0.29) is 6.10 Å². The average Bonchev–Trinajstić information content (AvgIpc) is 2.23. The van der Waals surface area contributed by atoms with Crippen LogP contribution in [-0.4, -0.2) is 30.7 Å². The molecule has 0 aliphatic carbocycles. The van der Waals surface area contributed by atoms with Crippen LogP contribution in [0.3, 0.4) is 0 Å². The fourth-order valence-corrected chi connectivity index (χ4v) is 1.65. The Balaban J connectivity index is 3.15. The molecule has 0 saturated carbocycles. The number of ketones is 1. The monoisotopic (exact) mass is 230 g/mol. The van der Waals surface area contributed by atoms with Crippen LogP contribution in [0.5, 0.6) is 0 Å². The van der Waals surface area contributed by atoms with Gasteiger partial charge in [0.05, 0.1) is 6.10 Å². The van der Waals surface area contributed by atoms with Crippen LogP contribution in [0.15, 0.2) is 0 Å². The van der Waals surface area contributed by atoms with Gasteiger partial charge in [-0.05, 0) is 26.2 Å². The summed E-state index contributed by atoms with van der Waals surface area (Å²) in [5.74, 6) is 0.354. The lowest BCUT2D eigenvalue weighted by Gasteiger charge is -2.03. The topological polar surface area (TPSA) is 46.5 Å². The molecule has 0 aliphatic heterocycles. The predicted molar refractivity (Wildman–Crippen MR) is 65.5 cm³/mol. The van der Waals surface area contributed by atoms with E-state index in [1.807, 2.05) is 6.92 Å². The van der Waals surface area contributed by atoms with Crippen molar-refractivity contribution in [3.05, 3.63) is 0 Å². The first-order valence-corrected chi connectivity index (χ1v) is 6.35. The summed E-state index contributed by atoms with van der Waals surface area (Å²) in [6.45, 7) is 2.50. The van der Waals surface area contributed by atoms with E-state index >= 15 is 0 Å². The number of unbranched alkanes of at least 4 members (excludes halogenated alkanes) is 3. The first-order chi connectivity index (χ1) is 7.66. The van der Waals surface area contributed by atoms with Crippen LogP contribution in [0.2, 0.25) is 0 Å². The molecule has 0 aliphatic rings. The van der Waals surface area contributed by atoms with Gasteiger partial charge in [-0.15, -0.1) is 0 Å². The maximum atomic E-state index is 11.4. The van der Waals surface area contributed by atoms with Crippen LogP contribution in [-0.2, 0) is 9.53 Å². The van der Waals surface area contributed by atoms with E-state index in [0.717, 1.165) is 38.5 Å². The molecule has 1 atom stereocenters. The number of methoxy groups -OCH3 is 1. The van der Waals surface area contributed by atoms with Crippen LogP contribution in [0.4, 0.5) is 0 Å². The first-order valence-electron chi connectivity index (χ1n) is 6.35. The molecule has 0 aromatic heterocycles. The van der Waals surface area contributed by atoms with E-state index in [9.17, 15) is 4.79 Å². The Labute approximate surface area is 99.2 Å². The van der Waals surface area contributed by atoms with Crippen LogP contribution >= 0.6 is 0 Å². The van der Waals surface area contributed by atoms with Crippen molar-refractivity contribution in [2.75, 3.05) is 13.7 Å². The summed E-state index contributed by atoms with van der Waals surface area (Å²) in [5.41, 5.74) is 0. The van der Waals surface area contributed by atoms with Gasteiger partial charge in [0.2, 0.25) is 0 Å². The molecule has 0 rings (SSSR count). The molecule has 16 heavy (non-hydrogen) atoms. The third-order valence-corrected chi connectivity index (χ3v) is 2.63. The van der Waals surface area contributed by atoms with Gasteiger partial charge >= 0.3 is 0 Å². The molecule has 0 bridgehead atoms. The highest BCUT2D eigenvalue weighted by Gasteiger charge is 2.01. The summed E-state index contributed by atoms with van der Waals surface area (Å²) in [6.07, 6.45) is 7.18. The Bertz CT molecular complexity index is 167. The number of hydrogen-bond acceptors (Lipinski definition) is 3. The third kappa shape index (κ3) is 11.7. The zero-order valence-corrected chi connectivity index (χ0v) is 10.7. The maximum absolute atomic E-state index is 11.4. The maximum Gasteiger partial charge on any atom is 0.132 e. The molecule has 0 radical (unpaired) electrons. The summed E-state index contributed by atoms with van der Waals surface area (Å²) in [7, 11) is 1.66. The minimum absolute atomic E-state index is 0.185. The van der Waals surface area contributed by atoms with Crippen LogP contribution in [0.25, 0.3) is 0 Å². The van der Waals surface area contributed by atoms with Gasteiger partial charge in [-0.25, -0.2) is 0 Å². The zero-order valence-electron chi connectivity index (χ0n) is 10.7. The van der Waals surface area contributed by atoms with Crippen molar-refractivity contribution < 1.29 is 14.6 Å². The quantitative estimate of drug-likeness (QED) is 0.555. The molecule has 0 saturated heterocycles. The molecule has 0 fully saturated rings. The molecule has 96 valence electrons. The summed E-state index contributed by atoms with van der Waals surface area (Å²) in [4.78, 5) is 11.4. The molecule has 0 aromatic carbocycles. The molecule has 1 unspecified atom stereocenters. The van der Waals surface area contributed by atoms with Gasteiger partial charge in [-0.3, -0.25) is 4.79 Å². The van der Waals surface area contributed by atoms with Crippen molar-refractivity contribution in [3.63, 3.8) is 0 Å². The van der Waals surface area contributed by atoms with Gasteiger partial charge in [-0.1, -0.05) is 19.3 Å². The normalized spacial score (nSPS) is 12.7. The molecular formula is C13H26O3. The molecule has 1 N–H and O–H groups in total.